The second-order valence-corrected chi connectivity index (χ2v) is 3.66. The molecule has 0 aliphatic heterocycles. The van der Waals surface area contributed by atoms with E-state index in [4.69, 9.17) is 6.15 Å². The number of nitrogens with zero attached hydrogens (tertiary/aromatic N) is 6. The Morgan fingerprint density at radius 2 is 2.42 bits per heavy atom. The molecule has 0 aliphatic carbocycles. The van der Waals surface area contributed by atoms with Gasteiger partial charge in [0.25, 0.3) is 0 Å². The minimum absolute atomic E-state index is 0.107. The largest absolute Gasteiger partial charge is 0.470 e. The van der Waals surface area contributed by atoms with Crippen LogP contribution in [0.25, 0.3) is 5.82 Å². The highest BCUT2D eigenvalue weighted by Gasteiger charge is 2.14. The van der Waals surface area contributed by atoms with Gasteiger partial charge in [-0.15, -0.1) is 9.78 Å². The van der Waals surface area contributed by atoms with Crippen molar-refractivity contribution in [3.8, 4) is 11.7 Å². The van der Waals surface area contributed by atoms with Crippen molar-refractivity contribution < 1.29 is 6.15 Å². The second kappa shape index (κ2) is 4.40. The fourth-order valence-corrected chi connectivity index (χ4v) is 1.49. The van der Waals surface area contributed by atoms with E-state index in [0.29, 0.717) is 17.4 Å². The van der Waals surface area contributed by atoms with Crippen LogP contribution in [-0.4, -0.2) is 39.9 Å². The molecule has 0 saturated carbocycles. The molecule has 0 fully saturated rings. The van der Waals surface area contributed by atoms with E-state index in [-0.39, 0.29) is 6.61 Å². The molecular formula is C9H10N8O2. The highest BCUT2D eigenvalue weighted by Crippen LogP contribution is 2.10. The number of aryl methyl sites for hydroxylation is 1. The maximum absolute atomic E-state index is 11.8. The third-order valence-electron chi connectivity index (χ3n) is 2.42. The van der Waals surface area contributed by atoms with E-state index < -0.39 is 5.69 Å². The molecule has 3 heterocycles. The molecule has 10 nitrogen and oxygen atoms in total. The average Bonchev–Trinajstić information content (AvgIpc) is 3.11. The van der Waals surface area contributed by atoms with Gasteiger partial charge in [-0.1, -0.05) is 0 Å². The van der Waals surface area contributed by atoms with Crippen molar-refractivity contribution >= 4 is 0 Å². The molecule has 3 rings (SSSR count). The van der Waals surface area contributed by atoms with Gasteiger partial charge in [-0.05, 0) is 10.4 Å². The van der Waals surface area contributed by atoms with Gasteiger partial charge < -0.3 is 9.72 Å². The summed E-state index contributed by atoms with van der Waals surface area (Å²) in [6, 6.07) is 1.55. The first kappa shape index (κ1) is 10.1. The zero-order chi connectivity index (χ0) is 14.1. The minimum Gasteiger partial charge on any atom is -0.470 e. The lowest BCUT2D eigenvalue weighted by Crippen LogP contribution is -2.23. The summed E-state index contributed by atoms with van der Waals surface area (Å²) in [5, 5.41) is 12.0. The Morgan fingerprint density at radius 3 is 3.11 bits per heavy atom. The first-order chi connectivity index (χ1) is 9.65. The fourth-order valence-electron chi connectivity index (χ4n) is 1.49. The van der Waals surface area contributed by atoms with Crippen molar-refractivity contribution in [3.63, 3.8) is 0 Å². The molecule has 2 N–H and O–H groups in total. The summed E-state index contributed by atoms with van der Waals surface area (Å²) in [5.41, 5.74) is 0.140. The smallest absolute Gasteiger partial charge is 0.369 e. The summed E-state index contributed by atoms with van der Waals surface area (Å²) in [5.74, 6) is 0.612. The van der Waals surface area contributed by atoms with E-state index in [1.165, 1.54) is 19.6 Å². The SMILES string of the molecule is [3H]n1ccc(OCc2[nH]cnc2-n2nnn(C)c2=O)n1. The molecule has 0 amide bonds. The molecule has 3 aromatic rings. The standard InChI is InChI=1S/C9H10N8O2/c1-16-9(18)17(15-14-16)8-6(10-5-11-8)4-19-7-2-3-12-13-7/h2-3,5H,4H2,1H3,(H,10,11)(H,12,13)/i/hT. The second-order valence-electron chi connectivity index (χ2n) is 3.66. The van der Waals surface area contributed by atoms with Crippen LogP contribution in [-0.2, 0) is 13.7 Å². The van der Waals surface area contributed by atoms with E-state index in [1.54, 1.807) is 6.07 Å². The van der Waals surface area contributed by atoms with Gasteiger partial charge in [-0.3, -0.25) is 5.09 Å². The zero-order valence-electron chi connectivity index (χ0n) is 10.9. The maximum Gasteiger partial charge on any atom is 0.369 e. The molecule has 0 aromatic carbocycles. The van der Waals surface area contributed by atoms with Crippen LogP contribution in [0.15, 0.2) is 23.4 Å². The Labute approximate surface area is 107 Å². The third kappa shape index (κ3) is 1.99. The molecule has 0 saturated heterocycles. The van der Waals surface area contributed by atoms with E-state index in [1.807, 2.05) is 0 Å². The summed E-state index contributed by atoms with van der Waals surface area (Å²) in [7, 11) is 1.50. The minimum atomic E-state index is -0.409. The first-order valence-corrected chi connectivity index (χ1v) is 5.34. The molecular weight excluding hydrogens is 252 g/mol. The van der Waals surface area contributed by atoms with Gasteiger partial charge in [-0.2, -0.15) is 4.68 Å². The Bertz CT molecular complexity index is 784. The Hall–Kier alpha value is -2.91. The van der Waals surface area contributed by atoms with Crippen LogP contribution in [0.1, 0.15) is 5.69 Å². The number of hydrogen-bond acceptors (Lipinski definition) is 6. The molecule has 0 radical (unpaired) electrons. The summed E-state index contributed by atoms with van der Waals surface area (Å²) < 4.78 is 14.8. The van der Waals surface area contributed by atoms with Gasteiger partial charge in [0, 0.05) is 19.3 Å². The van der Waals surface area contributed by atoms with Gasteiger partial charge in [0.2, 0.25) is 5.88 Å². The highest BCUT2D eigenvalue weighted by molar-refractivity contribution is 5.26. The van der Waals surface area contributed by atoms with Crippen molar-refractivity contribution in [1.82, 2.24) is 39.9 Å². The van der Waals surface area contributed by atoms with Crippen LogP contribution in [0.3, 0.4) is 0 Å². The molecule has 10 heteroatoms. The number of tetrazole rings is 1. The van der Waals surface area contributed by atoms with Gasteiger partial charge in [0.15, 0.2) is 7.23 Å². The third-order valence-corrected chi connectivity index (χ3v) is 2.42. The fraction of sp³-hybridized carbons (Fsp3) is 0.222. The number of imidazole rings is 1. The van der Waals surface area contributed by atoms with Crippen molar-refractivity contribution in [2.24, 2.45) is 7.05 Å². The number of ether oxygens (including phenoxy) is 1. The van der Waals surface area contributed by atoms with Gasteiger partial charge in [0.05, 0.1) is 12.0 Å². The molecule has 0 spiro atoms. The number of H-pyrrole nitrogens is 2. The van der Waals surface area contributed by atoms with Crippen LogP contribution < -0.4 is 10.4 Å². The molecule has 19 heavy (non-hydrogen) atoms. The Kier molecular flexibility index (Phi) is 2.33. The lowest BCUT2D eigenvalue weighted by molar-refractivity contribution is 0.288. The molecule has 0 aliphatic rings. The lowest BCUT2D eigenvalue weighted by atomic mass is 10.4. The molecule has 0 atom stereocenters. The first-order valence-electron chi connectivity index (χ1n) is 5.79. The number of hydrogen-bond donors (Lipinski definition) is 2. The van der Waals surface area contributed by atoms with Crippen LogP contribution in [0.5, 0.6) is 5.88 Å². The number of aromatic amines is 2. The van der Waals surface area contributed by atoms with Gasteiger partial charge >= 0.3 is 5.69 Å². The van der Waals surface area contributed by atoms with Crippen molar-refractivity contribution in [2.75, 3.05) is 0 Å². The van der Waals surface area contributed by atoms with Crippen molar-refractivity contribution in [1.29, 1.82) is 0 Å². The van der Waals surface area contributed by atoms with Crippen molar-refractivity contribution in [2.45, 2.75) is 6.61 Å². The molecule has 98 valence electrons. The number of aromatic nitrogens is 8. The van der Waals surface area contributed by atoms with Crippen LogP contribution in [0.2, 0.25) is 1.41 Å². The van der Waals surface area contributed by atoms with Gasteiger partial charge in [0.1, 0.15) is 6.61 Å². The average molecular weight is 264 g/mol. The normalized spacial score (nSPS) is 11.5. The summed E-state index contributed by atoms with van der Waals surface area (Å²) in [6.07, 6.45) is 2.87. The topological polar surface area (TPSA) is 119 Å². The zero-order valence-corrected chi connectivity index (χ0v) is 9.89. The van der Waals surface area contributed by atoms with Crippen LogP contribution in [0, 0.1) is 0 Å². The Morgan fingerprint density at radius 1 is 1.53 bits per heavy atom. The van der Waals surface area contributed by atoms with E-state index in [9.17, 15) is 4.79 Å². The number of rotatable bonds is 4. The molecule has 3 aromatic heterocycles. The van der Waals surface area contributed by atoms with E-state index in [0.717, 1.165) is 14.5 Å². The Balaban J connectivity index is 1.83. The highest BCUT2D eigenvalue weighted by atomic mass is 16.5. The molecule has 0 bridgehead atoms. The monoisotopic (exact) mass is 264 g/mol. The van der Waals surface area contributed by atoms with E-state index >= 15 is 0 Å². The summed E-state index contributed by atoms with van der Waals surface area (Å²) in [6.45, 7) is 0.107. The van der Waals surface area contributed by atoms with Crippen LogP contribution >= 0.6 is 0 Å². The summed E-state index contributed by atoms with van der Waals surface area (Å²) >= 11 is 0. The quantitative estimate of drug-likeness (QED) is 0.623. The predicted molar refractivity (Wildman–Crippen MR) is 61.7 cm³/mol. The van der Waals surface area contributed by atoms with Crippen LogP contribution in [0.4, 0.5) is 0 Å². The maximum atomic E-state index is 11.8. The molecule has 0 unspecified atom stereocenters. The lowest BCUT2D eigenvalue weighted by Gasteiger charge is -2.02. The van der Waals surface area contributed by atoms with E-state index in [2.05, 4.69) is 25.5 Å². The van der Waals surface area contributed by atoms with Gasteiger partial charge in [-0.25, -0.2) is 9.78 Å². The number of nitrogens with one attached hydrogen (secondary N) is 2. The summed E-state index contributed by atoms with van der Waals surface area (Å²) in [4.78, 5) is 18.7. The predicted octanol–water partition coefficient (Wildman–Crippen LogP) is -1.01. The van der Waals surface area contributed by atoms with Crippen molar-refractivity contribution in [3.05, 3.63) is 34.8 Å².